The lowest BCUT2D eigenvalue weighted by Crippen LogP contribution is -2.00. The summed E-state index contributed by atoms with van der Waals surface area (Å²) in [5.41, 5.74) is 12.6. The maximum Gasteiger partial charge on any atom is 0.164 e. The lowest BCUT2D eigenvalue weighted by atomic mass is 9.92. The molecule has 0 fully saturated rings. The molecule has 254 valence electrons. The molecule has 0 unspecified atom stereocenters. The first kappa shape index (κ1) is 31.6. The van der Waals surface area contributed by atoms with Crippen molar-refractivity contribution in [1.82, 2.24) is 15.0 Å². The Morgan fingerprint density at radius 2 is 0.870 bits per heavy atom. The fraction of sp³-hybridized carbons (Fsp3) is 0.0200. The average Bonchev–Trinajstić information content (AvgIpc) is 3.60. The summed E-state index contributed by atoms with van der Waals surface area (Å²) in [4.78, 5) is 15.0. The Bertz CT molecular complexity index is 2970. The predicted molar refractivity (Wildman–Crippen MR) is 222 cm³/mol. The summed E-state index contributed by atoms with van der Waals surface area (Å²) in [6.07, 6.45) is 0. The number of nitrogens with zero attached hydrogens (tertiary/aromatic N) is 3. The van der Waals surface area contributed by atoms with Crippen LogP contribution in [0.15, 0.2) is 186 Å². The molecule has 0 atom stereocenters. The van der Waals surface area contributed by atoms with Crippen molar-refractivity contribution in [3.63, 3.8) is 0 Å². The van der Waals surface area contributed by atoms with Gasteiger partial charge in [-0.1, -0.05) is 169 Å². The number of benzene rings is 8. The number of hydrogen-bond acceptors (Lipinski definition) is 4. The van der Waals surface area contributed by atoms with Crippen molar-refractivity contribution >= 4 is 32.7 Å². The smallest absolute Gasteiger partial charge is 0.164 e. The summed E-state index contributed by atoms with van der Waals surface area (Å²) in [6, 6.07) is 63.4. The van der Waals surface area contributed by atoms with Gasteiger partial charge in [0.2, 0.25) is 0 Å². The van der Waals surface area contributed by atoms with Crippen LogP contribution in [0.2, 0.25) is 0 Å². The van der Waals surface area contributed by atoms with Gasteiger partial charge in [-0.15, -0.1) is 0 Å². The maximum absolute atomic E-state index is 6.70. The van der Waals surface area contributed by atoms with Crippen LogP contribution in [0, 0.1) is 6.92 Å². The lowest BCUT2D eigenvalue weighted by molar-refractivity contribution is 0.669. The summed E-state index contributed by atoms with van der Waals surface area (Å²) >= 11 is 0. The number of aromatic nitrogens is 3. The Morgan fingerprint density at radius 3 is 1.57 bits per heavy atom. The van der Waals surface area contributed by atoms with E-state index in [0.717, 1.165) is 60.7 Å². The SMILES string of the molecule is Cc1cccc(-c2ccc(-c3nc(-c4ccccc4)nc(-c4ccc5c(c4)oc4cc6ccccc6c(-c6ccc(-c7ccccc7)cc6)c45)n3)cc2)c1. The minimum atomic E-state index is 0.589. The van der Waals surface area contributed by atoms with Crippen LogP contribution in [0.1, 0.15) is 5.56 Å². The van der Waals surface area contributed by atoms with E-state index in [2.05, 4.69) is 153 Å². The Hall–Kier alpha value is -7.17. The predicted octanol–water partition coefficient (Wildman–Crippen LogP) is 13.2. The van der Waals surface area contributed by atoms with E-state index in [4.69, 9.17) is 19.4 Å². The third-order valence-corrected chi connectivity index (χ3v) is 10.2. The second-order valence-corrected chi connectivity index (χ2v) is 13.7. The number of fused-ring (bicyclic) bond motifs is 4. The molecule has 0 spiro atoms. The molecule has 2 heterocycles. The van der Waals surface area contributed by atoms with Crippen molar-refractivity contribution in [3.05, 3.63) is 188 Å². The van der Waals surface area contributed by atoms with Gasteiger partial charge in [0, 0.05) is 33.0 Å². The molecule has 0 bridgehead atoms. The van der Waals surface area contributed by atoms with Crippen LogP contribution in [0.4, 0.5) is 0 Å². The van der Waals surface area contributed by atoms with E-state index >= 15 is 0 Å². The van der Waals surface area contributed by atoms with E-state index in [9.17, 15) is 0 Å². The van der Waals surface area contributed by atoms with E-state index in [1.165, 1.54) is 27.6 Å². The van der Waals surface area contributed by atoms with Gasteiger partial charge >= 0.3 is 0 Å². The molecule has 8 aromatic carbocycles. The van der Waals surface area contributed by atoms with Crippen LogP contribution in [-0.4, -0.2) is 15.0 Å². The molecule has 0 aliphatic heterocycles. The third kappa shape index (κ3) is 5.71. The van der Waals surface area contributed by atoms with Gasteiger partial charge in [-0.25, -0.2) is 15.0 Å². The van der Waals surface area contributed by atoms with E-state index in [1.54, 1.807) is 0 Å². The van der Waals surface area contributed by atoms with E-state index < -0.39 is 0 Å². The second-order valence-electron chi connectivity index (χ2n) is 13.7. The van der Waals surface area contributed by atoms with Crippen LogP contribution < -0.4 is 0 Å². The second kappa shape index (κ2) is 13.1. The van der Waals surface area contributed by atoms with Gasteiger partial charge in [0.05, 0.1) is 0 Å². The molecule has 0 saturated carbocycles. The van der Waals surface area contributed by atoms with Gasteiger partial charge in [0.15, 0.2) is 17.5 Å². The Balaban J connectivity index is 1.11. The summed E-state index contributed by atoms with van der Waals surface area (Å²) in [6.45, 7) is 2.11. The molecule has 0 N–H and O–H groups in total. The van der Waals surface area contributed by atoms with Crippen LogP contribution in [0.5, 0.6) is 0 Å². The normalized spacial score (nSPS) is 11.4. The fourth-order valence-electron chi connectivity index (χ4n) is 7.49. The molecule has 0 saturated heterocycles. The van der Waals surface area contributed by atoms with Crippen molar-refractivity contribution in [1.29, 1.82) is 0 Å². The van der Waals surface area contributed by atoms with E-state index in [1.807, 2.05) is 36.4 Å². The number of furan rings is 1. The molecule has 0 radical (unpaired) electrons. The van der Waals surface area contributed by atoms with Crippen LogP contribution in [-0.2, 0) is 0 Å². The van der Waals surface area contributed by atoms with Crippen LogP contribution in [0.3, 0.4) is 0 Å². The fourth-order valence-corrected chi connectivity index (χ4v) is 7.49. The van der Waals surface area contributed by atoms with Crippen molar-refractivity contribution < 1.29 is 4.42 Å². The molecule has 0 aliphatic rings. The highest BCUT2D eigenvalue weighted by atomic mass is 16.3. The number of hydrogen-bond donors (Lipinski definition) is 0. The number of aryl methyl sites for hydroxylation is 1. The van der Waals surface area contributed by atoms with Crippen molar-refractivity contribution in [2.24, 2.45) is 0 Å². The molecule has 2 aromatic heterocycles. The van der Waals surface area contributed by atoms with E-state index in [-0.39, 0.29) is 0 Å². The van der Waals surface area contributed by atoms with Gasteiger partial charge in [-0.05, 0) is 63.7 Å². The van der Waals surface area contributed by atoms with Gasteiger partial charge < -0.3 is 4.42 Å². The standard InChI is InChI=1S/C50H33N3O/c1-32-11-10-17-39(29-32)35-21-25-38(26-22-35)49-51-48(37-14-6-3-7-15-37)52-50(53-49)41-27-28-43-44(31-41)54-45-30-40-16-8-9-18-42(40)46(47(43)45)36-23-19-34(20-24-36)33-12-4-2-5-13-33/h2-31H,1H3. The van der Waals surface area contributed by atoms with Crippen molar-refractivity contribution in [2.45, 2.75) is 6.92 Å². The first-order valence-corrected chi connectivity index (χ1v) is 18.2. The number of rotatable bonds is 6. The summed E-state index contributed by atoms with van der Waals surface area (Å²) in [5, 5.41) is 4.46. The molecule has 10 aromatic rings. The third-order valence-electron chi connectivity index (χ3n) is 10.2. The quantitative estimate of drug-likeness (QED) is 0.174. The molecule has 4 nitrogen and oxygen atoms in total. The van der Waals surface area contributed by atoms with Crippen LogP contribution >= 0.6 is 0 Å². The van der Waals surface area contributed by atoms with Gasteiger partial charge in [0.1, 0.15) is 11.2 Å². The molecule has 4 heteroatoms. The van der Waals surface area contributed by atoms with Crippen LogP contribution in [0.25, 0.3) is 100 Å². The zero-order valence-corrected chi connectivity index (χ0v) is 29.6. The molecule has 0 aliphatic carbocycles. The Kier molecular flexibility index (Phi) is 7.66. The van der Waals surface area contributed by atoms with Crippen molar-refractivity contribution in [2.75, 3.05) is 0 Å². The first-order valence-electron chi connectivity index (χ1n) is 18.2. The lowest BCUT2D eigenvalue weighted by Gasteiger charge is -2.11. The summed E-state index contributed by atoms with van der Waals surface area (Å²) in [5.74, 6) is 1.83. The monoisotopic (exact) mass is 691 g/mol. The highest BCUT2D eigenvalue weighted by molar-refractivity contribution is 6.21. The molecular weight excluding hydrogens is 659 g/mol. The topological polar surface area (TPSA) is 51.8 Å². The Labute approximate surface area is 313 Å². The molecule has 10 rings (SSSR count). The summed E-state index contributed by atoms with van der Waals surface area (Å²) < 4.78 is 6.70. The Morgan fingerprint density at radius 1 is 0.352 bits per heavy atom. The zero-order valence-electron chi connectivity index (χ0n) is 29.6. The largest absolute Gasteiger partial charge is 0.456 e. The molecule has 0 amide bonds. The minimum absolute atomic E-state index is 0.589. The van der Waals surface area contributed by atoms with Gasteiger partial charge in [-0.2, -0.15) is 0 Å². The highest BCUT2D eigenvalue weighted by Crippen LogP contribution is 2.43. The van der Waals surface area contributed by atoms with Gasteiger partial charge in [0.25, 0.3) is 0 Å². The minimum Gasteiger partial charge on any atom is -0.456 e. The molecule has 54 heavy (non-hydrogen) atoms. The average molecular weight is 692 g/mol. The van der Waals surface area contributed by atoms with Gasteiger partial charge in [-0.3, -0.25) is 0 Å². The zero-order chi connectivity index (χ0) is 36.0. The first-order chi connectivity index (χ1) is 26.6. The summed E-state index contributed by atoms with van der Waals surface area (Å²) in [7, 11) is 0. The highest BCUT2D eigenvalue weighted by Gasteiger charge is 2.19. The molecular formula is C50H33N3O. The maximum atomic E-state index is 6.70. The van der Waals surface area contributed by atoms with E-state index in [0.29, 0.717) is 17.5 Å². The van der Waals surface area contributed by atoms with Crippen molar-refractivity contribution in [3.8, 4) is 67.5 Å².